The molecule has 0 saturated carbocycles. The van der Waals surface area contributed by atoms with Crippen LogP contribution in [0.4, 0.5) is 0 Å². The van der Waals surface area contributed by atoms with Crippen molar-refractivity contribution in [3.63, 3.8) is 0 Å². The fourth-order valence-electron chi connectivity index (χ4n) is 2.71. The second-order valence-electron chi connectivity index (χ2n) is 6.25. The summed E-state index contributed by atoms with van der Waals surface area (Å²) < 4.78 is 5.71. The molecular formula is C20H26N2O3. The molecule has 0 fully saturated rings. The van der Waals surface area contributed by atoms with E-state index >= 15 is 0 Å². The first-order valence-electron chi connectivity index (χ1n) is 8.68. The molecule has 1 N–H and O–H groups in total. The number of aromatic nitrogens is 2. The maximum absolute atomic E-state index is 11.2. The topological polar surface area (TPSA) is 72.3 Å². The van der Waals surface area contributed by atoms with Crippen LogP contribution in [0.15, 0.2) is 24.3 Å². The molecule has 0 bridgehead atoms. The van der Waals surface area contributed by atoms with Crippen molar-refractivity contribution in [2.75, 3.05) is 6.61 Å². The number of hydrogen-bond donors (Lipinski definition) is 1. The normalized spacial score (nSPS) is 10.8. The van der Waals surface area contributed by atoms with Gasteiger partial charge >= 0.3 is 5.97 Å². The zero-order valence-corrected chi connectivity index (χ0v) is 15.2. The number of nitrogens with zero attached hydrogens (tertiary/aromatic N) is 2. The SMILES string of the molecule is Cc1nc(C)c(COCCCCCc2ccccc2C(=O)O)nc1C. The van der Waals surface area contributed by atoms with E-state index in [4.69, 9.17) is 4.74 Å². The molecule has 0 saturated heterocycles. The van der Waals surface area contributed by atoms with Crippen LogP contribution in [0.5, 0.6) is 0 Å². The lowest BCUT2D eigenvalue weighted by molar-refractivity contribution is 0.0695. The van der Waals surface area contributed by atoms with Crippen molar-refractivity contribution in [2.24, 2.45) is 0 Å². The summed E-state index contributed by atoms with van der Waals surface area (Å²) in [6, 6.07) is 7.20. The van der Waals surface area contributed by atoms with Crippen molar-refractivity contribution in [2.45, 2.75) is 53.1 Å². The summed E-state index contributed by atoms with van der Waals surface area (Å²) in [5.41, 5.74) is 5.04. The van der Waals surface area contributed by atoms with Crippen LogP contribution in [0.2, 0.25) is 0 Å². The monoisotopic (exact) mass is 342 g/mol. The first-order valence-corrected chi connectivity index (χ1v) is 8.68. The summed E-state index contributed by atoms with van der Waals surface area (Å²) >= 11 is 0. The van der Waals surface area contributed by atoms with Crippen molar-refractivity contribution in [1.29, 1.82) is 0 Å². The van der Waals surface area contributed by atoms with Gasteiger partial charge in [-0.15, -0.1) is 0 Å². The Morgan fingerprint density at radius 3 is 2.48 bits per heavy atom. The highest BCUT2D eigenvalue weighted by Gasteiger charge is 2.08. The molecule has 0 aliphatic carbocycles. The Morgan fingerprint density at radius 1 is 1.00 bits per heavy atom. The highest BCUT2D eigenvalue weighted by Crippen LogP contribution is 2.13. The Morgan fingerprint density at radius 2 is 1.72 bits per heavy atom. The predicted octanol–water partition coefficient (Wildman–Crippen LogP) is 4.03. The first-order chi connectivity index (χ1) is 12.0. The van der Waals surface area contributed by atoms with Crippen LogP contribution in [0.3, 0.4) is 0 Å². The van der Waals surface area contributed by atoms with E-state index in [0.717, 1.165) is 54.0 Å². The number of aromatic carboxylic acids is 1. The average molecular weight is 342 g/mol. The maximum Gasteiger partial charge on any atom is 0.335 e. The van der Waals surface area contributed by atoms with Crippen LogP contribution >= 0.6 is 0 Å². The molecule has 5 nitrogen and oxygen atoms in total. The number of aryl methyl sites for hydroxylation is 4. The van der Waals surface area contributed by atoms with E-state index < -0.39 is 5.97 Å². The predicted molar refractivity (Wildman–Crippen MR) is 96.9 cm³/mol. The van der Waals surface area contributed by atoms with Crippen molar-refractivity contribution < 1.29 is 14.6 Å². The number of carboxylic acid groups (broad SMARTS) is 1. The molecule has 0 aliphatic heterocycles. The second kappa shape index (κ2) is 9.28. The third-order valence-corrected chi connectivity index (χ3v) is 4.30. The van der Waals surface area contributed by atoms with E-state index in [-0.39, 0.29) is 0 Å². The second-order valence-corrected chi connectivity index (χ2v) is 6.25. The number of rotatable bonds is 9. The van der Waals surface area contributed by atoms with Gasteiger partial charge in [0.1, 0.15) is 0 Å². The van der Waals surface area contributed by atoms with Crippen LogP contribution < -0.4 is 0 Å². The molecule has 1 aromatic carbocycles. The molecular weight excluding hydrogens is 316 g/mol. The van der Waals surface area contributed by atoms with E-state index in [1.54, 1.807) is 12.1 Å². The molecule has 0 unspecified atom stereocenters. The minimum atomic E-state index is -0.858. The van der Waals surface area contributed by atoms with Crippen LogP contribution in [-0.2, 0) is 17.8 Å². The summed E-state index contributed by atoms with van der Waals surface area (Å²) in [5, 5.41) is 9.17. The van der Waals surface area contributed by atoms with Crippen LogP contribution in [0, 0.1) is 20.8 Å². The summed E-state index contributed by atoms with van der Waals surface area (Å²) in [5.74, 6) is -0.858. The third kappa shape index (κ3) is 5.64. The van der Waals surface area contributed by atoms with Gasteiger partial charge in [0.25, 0.3) is 0 Å². The minimum Gasteiger partial charge on any atom is -0.478 e. The van der Waals surface area contributed by atoms with Crippen molar-refractivity contribution in [3.05, 3.63) is 58.2 Å². The number of hydrogen-bond acceptors (Lipinski definition) is 4. The van der Waals surface area contributed by atoms with E-state index in [1.165, 1.54) is 0 Å². The van der Waals surface area contributed by atoms with Crippen LogP contribution in [0.25, 0.3) is 0 Å². The van der Waals surface area contributed by atoms with Crippen molar-refractivity contribution in [3.8, 4) is 0 Å². The average Bonchev–Trinajstić information content (AvgIpc) is 2.58. The Bertz CT molecular complexity index is 729. The van der Waals surface area contributed by atoms with Gasteiger partial charge in [-0.1, -0.05) is 24.6 Å². The molecule has 25 heavy (non-hydrogen) atoms. The number of unbranched alkanes of at least 4 members (excludes halogenated alkanes) is 2. The van der Waals surface area contributed by atoms with Gasteiger partial charge in [-0.3, -0.25) is 9.97 Å². The summed E-state index contributed by atoms with van der Waals surface area (Å²) in [4.78, 5) is 20.2. The summed E-state index contributed by atoms with van der Waals surface area (Å²) in [7, 11) is 0. The lowest BCUT2D eigenvalue weighted by atomic mass is 10.0. The summed E-state index contributed by atoms with van der Waals surface area (Å²) in [6.45, 7) is 7.04. The molecule has 0 atom stereocenters. The van der Waals surface area contributed by atoms with Crippen molar-refractivity contribution >= 4 is 5.97 Å². The molecule has 0 radical (unpaired) electrons. The zero-order chi connectivity index (χ0) is 18.2. The quantitative estimate of drug-likeness (QED) is 0.697. The first kappa shape index (κ1) is 19.1. The van der Waals surface area contributed by atoms with Gasteiger partial charge in [-0.25, -0.2) is 4.79 Å². The van der Waals surface area contributed by atoms with Gasteiger partial charge in [-0.2, -0.15) is 0 Å². The standard InChI is InChI=1S/C20H26N2O3/c1-14-15(2)22-19(16(3)21-14)13-25-12-8-4-5-9-17-10-6-7-11-18(17)20(23)24/h6-7,10-11H,4-5,8-9,12-13H2,1-3H3,(H,23,24). The lowest BCUT2D eigenvalue weighted by Gasteiger charge is -2.09. The molecule has 2 aromatic rings. The van der Waals surface area contributed by atoms with Gasteiger partial charge in [0.2, 0.25) is 0 Å². The van der Waals surface area contributed by atoms with Crippen molar-refractivity contribution in [1.82, 2.24) is 9.97 Å². The highest BCUT2D eigenvalue weighted by atomic mass is 16.5. The fourth-order valence-corrected chi connectivity index (χ4v) is 2.71. The lowest BCUT2D eigenvalue weighted by Crippen LogP contribution is -2.05. The van der Waals surface area contributed by atoms with Gasteiger partial charge < -0.3 is 9.84 Å². The Balaban J connectivity index is 1.68. The van der Waals surface area contributed by atoms with Gasteiger partial charge in [0.15, 0.2) is 0 Å². The van der Waals surface area contributed by atoms with E-state index in [1.807, 2.05) is 32.9 Å². The van der Waals surface area contributed by atoms with Gasteiger partial charge in [0, 0.05) is 6.61 Å². The number of carboxylic acids is 1. The Labute approximate surface area is 149 Å². The molecule has 1 aromatic heterocycles. The molecule has 134 valence electrons. The summed E-state index contributed by atoms with van der Waals surface area (Å²) in [6.07, 6.45) is 3.69. The number of benzene rings is 1. The number of ether oxygens (including phenoxy) is 1. The third-order valence-electron chi connectivity index (χ3n) is 4.30. The largest absolute Gasteiger partial charge is 0.478 e. The molecule has 0 aliphatic rings. The molecule has 1 heterocycles. The van der Waals surface area contributed by atoms with Gasteiger partial charge in [-0.05, 0) is 51.7 Å². The van der Waals surface area contributed by atoms with Gasteiger partial charge in [0.05, 0.1) is 34.9 Å². The smallest absolute Gasteiger partial charge is 0.335 e. The van der Waals surface area contributed by atoms with E-state index in [2.05, 4.69) is 9.97 Å². The Hall–Kier alpha value is -2.27. The molecule has 0 amide bonds. The molecule has 2 rings (SSSR count). The fraction of sp³-hybridized carbons (Fsp3) is 0.450. The number of carbonyl (C=O) groups is 1. The molecule has 0 spiro atoms. The highest BCUT2D eigenvalue weighted by molar-refractivity contribution is 5.89. The van der Waals surface area contributed by atoms with E-state index in [9.17, 15) is 9.90 Å². The maximum atomic E-state index is 11.2. The minimum absolute atomic E-state index is 0.405. The zero-order valence-electron chi connectivity index (χ0n) is 15.2. The van der Waals surface area contributed by atoms with Crippen LogP contribution in [-0.4, -0.2) is 27.7 Å². The molecule has 5 heteroatoms. The van der Waals surface area contributed by atoms with E-state index in [0.29, 0.717) is 18.8 Å². The Kier molecular flexibility index (Phi) is 7.07. The van der Waals surface area contributed by atoms with Crippen LogP contribution in [0.1, 0.15) is 58.0 Å².